The Balaban J connectivity index is 1.55. The van der Waals surface area contributed by atoms with Gasteiger partial charge in [0, 0.05) is 37.7 Å². The highest BCUT2D eigenvalue weighted by molar-refractivity contribution is 5.75. The third-order valence-electron chi connectivity index (χ3n) is 4.55. The van der Waals surface area contributed by atoms with E-state index < -0.39 is 0 Å². The zero-order chi connectivity index (χ0) is 15.4. The zero-order valence-electron chi connectivity index (χ0n) is 12.9. The maximum atomic E-state index is 12.0. The van der Waals surface area contributed by atoms with E-state index in [1.165, 1.54) is 5.56 Å². The van der Waals surface area contributed by atoms with Gasteiger partial charge in [0.05, 0.1) is 0 Å². The minimum atomic E-state index is -0.0903. The number of aliphatic hydroxyl groups excluding tert-OH is 1. The average molecular weight is 303 g/mol. The Bertz CT molecular complexity index is 490. The standard InChI is InChI=1S/C17H25N3O2/c21-12-14-8-9-20(10-13-4-2-1-3-5-13)11-16(14)19-17(22)18-15-6-7-15/h1-5,14-16,21H,6-12H2,(H2,18,19,22)/t14-,16+/m0/s1. The minimum Gasteiger partial charge on any atom is -0.396 e. The molecule has 1 heterocycles. The Kier molecular flexibility index (Phi) is 4.95. The fourth-order valence-corrected chi connectivity index (χ4v) is 3.06. The molecule has 1 aromatic carbocycles. The third kappa shape index (κ3) is 4.21. The van der Waals surface area contributed by atoms with Crippen molar-refractivity contribution in [2.45, 2.75) is 37.9 Å². The molecule has 3 rings (SSSR count). The summed E-state index contributed by atoms with van der Waals surface area (Å²) in [5, 5.41) is 15.6. The summed E-state index contributed by atoms with van der Waals surface area (Å²) < 4.78 is 0. The number of carbonyl (C=O) groups excluding carboxylic acids is 1. The van der Waals surface area contributed by atoms with Crippen molar-refractivity contribution in [2.24, 2.45) is 5.92 Å². The number of nitrogens with one attached hydrogen (secondary N) is 2. The van der Waals surface area contributed by atoms with Crippen LogP contribution in [-0.4, -0.2) is 47.8 Å². The van der Waals surface area contributed by atoms with Crippen LogP contribution in [-0.2, 0) is 6.54 Å². The Morgan fingerprint density at radius 1 is 1.18 bits per heavy atom. The highest BCUT2D eigenvalue weighted by atomic mass is 16.3. The van der Waals surface area contributed by atoms with Crippen LogP contribution in [0, 0.1) is 5.92 Å². The molecule has 0 aromatic heterocycles. The molecule has 120 valence electrons. The van der Waals surface area contributed by atoms with Gasteiger partial charge in [0.1, 0.15) is 0 Å². The van der Waals surface area contributed by atoms with Gasteiger partial charge < -0.3 is 15.7 Å². The Hall–Kier alpha value is -1.59. The summed E-state index contributed by atoms with van der Waals surface area (Å²) in [5.74, 6) is 0.150. The second-order valence-corrected chi connectivity index (χ2v) is 6.45. The molecule has 1 saturated carbocycles. The lowest BCUT2D eigenvalue weighted by Crippen LogP contribution is -2.55. The van der Waals surface area contributed by atoms with Crippen molar-refractivity contribution in [1.82, 2.24) is 15.5 Å². The number of nitrogens with zero attached hydrogens (tertiary/aromatic N) is 1. The molecule has 0 spiro atoms. The number of piperidine rings is 1. The van der Waals surface area contributed by atoms with Gasteiger partial charge in [0.2, 0.25) is 0 Å². The largest absolute Gasteiger partial charge is 0.396 e. The topological polar surface area (TPSA) is 64.6 Å². The molecule has 2 fully saturated rings. The van der Waals surface area contributed by atoms with Crippen molar-refractivity contribution in [3.8, 4) is 0 Å². The van der Waals surface area contributed by atoms with Gasteiger partial charge in [0.15, 0.2) is 0 Å². The molecule has 0 unspecified atom stereocenters. The predicted molar refractivity (Wildman–Crippen MR) is 85.4 cm³/mol. The first-order valence-corrected chi connectivity index (χ1v) is 8.19. The summed E-state index contributed by atoms with van der Waals surface area (Å²) in [6, 6.07) is 10.7. The van der Waals surface area contributed by atoms with Crippen molar-refractivity contribution in [3.05, 3.63) is 35.9 Å². The maximum absolute atomic E-state index is 12.0. The molecule has 2 aliphatic rings. The summed E-state index contributed by atoms with van der Waals surface area (Å²) in [5.41, 5.74) is 1.28. The Morgan fingerprint density at radius 2 is 1.95 bits per heavy atom. The van der Waals surface area contributed by atoms with Gasteiger partial charge in [-0.1, -0.05) is 30.3 Å². The number of aliphatic hydroxyl groups is 1. The van der Waals surface area contributed by atoms with Crippen LogP contribution in [0.25, 0.3) is 0 Å². The van der Waals surface area contributed by atoms with Crippen LogP contribution >= 0.6 is 0 Å². The molecule has 2 atom stereocenters. The van der Waals surface area contributed by atoms with Crippen molar-refractivity contribution in [2.75, 3.05) is 19.7 Å². The second-order valence-electron chi connectivity index (χ2n) is 6.45. The summed E-state index contributed by atoms with van der Waals surface area (Å²) >= 11 is 0. The summed E-state index contributed by atoms with van der Waals surface area (Å²) in [6.07, 6.45) is 3.08. The highest BCUT2D eigenvalue weighted by Gasteiger charge is 2.31. The number of hydrogen-bond acceptors (Lipinski definition) is 3. The smallest absolute Gasteiger partial charge is 0.315 e. The number of benzene rings is 1. The van der Waals surface area contributed by atoms with Crippen LogP contribution < -0.4 is 10.6 Å². The number of amides is 2. The average Bonchev–Trinajstić information content (AvgIpc) is 3.32. The van der Waals surface area contributed by atoms with Crippen molar-refractivity contribution in [1.29, 1.82) is 0 Å². The molecule has 3 N–H and O–H groups in total. The van der Waals surface area contributed by atoms with Crippen molar-refractivity contribution in [3.63, 3.8) is 0 Å². The number of carbonyl (C=O) groups is 1. The summed E-state index contributed by atoms with van der Waals surface area (Å²) in [7, 11) is 0. The Morgan fingerprint density at radius 3 is 2.64 bits per heavy atom. The van der Waals surface area contributed by atoms with Crippen molar-refractivity contribution >= 4 is 6.03 Å². The summed E-state index contributed by atoms with van der Waals surface area (Å²) in [4.78, 5) is 14.3. The van der Waals surface area contributed by atoms with Crippen molar-refractivity contribution < 1.29 is 9.90 Å². The highest BCUT2D eigenvalue weighted by Crippen LogP contribution is 2.21. The summed E-state index contributed by atoms with van der Waals surface area (Å²) in [6.45, 7) is 2.77. The van der Waals surface area contributed by atoms with E-state index in [0.717, 1.165) is 38.9 Å². The van der Waals surface area contributed by atoms with Gasteiger partial charge >= 0.3 is 6.03 Å². The molecule has 2 amide bonds. The van der Waals surface area contributed by atoms with E-state index >= 15 is 0 Å². The van der Waals surface area contributed by atoms with Gasteiger partial charge in [-0.3, -0.25) is 4.90 Å². The molecular weight excluding hydrogens is 278 g/mol. The van der Waals surface area contributed by atoms with E-state index in [-0.39, 0.29) is 24.6 Å². The molecule has 1 saturated heterocycles. The fourth-order valence-electron chi connectivity index (χ4n) is 3.06. The molecule has 22 heavy (non-hydrogen) atoms. The SMILES string of the molecule is O=C(NC1CC1)N[C@@H]1CN(Cc2ccccc2)CC[C@H]1CO. The van der Waals surface area contributed by atoms with E-state index in [1.54, 1.807) is 0 Å². The molecule has 5 heteroatoms. The lowest BCUT2D eigenvalue weighted by molar-refractivity contribution is 0.0947. The van der Waals surface area contributed by atoms with Crippen LogP contribution in [0.2, 0.25) is 0 Å². The van der Waals surface area contributed by atoms with E-state index in [2.05, 4.69) is 39.8 Å². The van der Waals surface area contributed by atoms with Gasteiger partial charge in [-0.25, -0.2) is 4.79 Å². The first-order chi connectivity index (χ1) is 10.7. The van der Waals surface area contributed by atoms with Gasteiger partial charge in [-0.2, -0.15) is 0 Å². The molecule has 0 bridgehead atoms. The Labute approximate surface area is 131 Å². The van der Waals surface area contributed by atoms with Crippen LogP contribution in [0.3, 0.4) is 0 Å². The number of hydrogen-bond donors (Lipinski definition) is 3. The lowest BCUT2D eigenvalue weighted by atomic mass is 9.92. The molecule has 0 radical (unpaired) electrons. The third-order valence-corrected chi connectivity index (χ3v) is 4.55. The number of urea groups is 1. The fraction of sp³-hybridized carbons (Fsp3) is 0.588. The van der Waals surface area contributed by atoms with Gasteiger partial charge in [0.25, 0.3) is 0 Å². The van der Waals surface area contributed by atoms with Gasteiger partial charge in [-0.15, -0.1) is 0 Å². The van der Waals surface area contributed by atoms with Crippen LogP contribution in [0.5, 0.6) is 0 Å². The van der Waals surface area contributed by atoms with Gasteiger partial charge in [-0.05, 0) is 31.4 Å². The first-order valence-electron chi connectivity index (χ1n) is 8.19. The van der Waals surface area contributed by atoms with E-state index in [4.69, 9.17) is 0 Å². The van der Waals surface area contributed by atoms with E-state index in [9.17, 15) is 9.90 Å². The monoisotopic (exact) mass is 303 g/mol. The normalized spacial score (nSPS) is 25.7. The van der Waals surface area contributed by atoms with E-state index in [0.29, 0.717) is 6.04 Å². The first kappa shape index (κ1) is 15.3. The van der Waals surface area contributed by atoms with E-state index in [1.807, 2.05) is 6.07 Å². The number of rotatable bonds is 5. The molecule has 5 nitrogen and oxygen atoms in total. The zero-order valence-corrected chi connectivity index (χ0v) is 12.9. The quantitative estimate of drug-likeness (QED) is 0.769. The van der Waals surface area contributed by atoms with Crippen LogP contribution in [0.15, 0.2) is 30.3 Å². The lowest BCUT2D eigenvalue weighted by Gasteiger charge is -2.38. The predicted octanol–water partition coefficient (Wildman–Crippen LogP) is 1.33. The molecular formula is C17H25N3O2. The molecule has 1 aromatic rings. The molecule has 1 aliphatic carbocycles. The number of likely N-dealkylation sites (tertiary alicyclic amines) is 1. The van der Waals surface area contributed by atoms with Crippen LogP contribution in [0.4, 0.5) is 4.79 Å². The second kappa shape index (κ2) is 7.11. The maximum Gasteiger partial charge on any atom is 0.315 e. The molecule has 1 aliphatic heterocycles. The van der Waals surface area contributed by atoms with Crippen LogP contribution in [0.1, 0.15) is 24.8 Å². The minimum absolute atomic E-state index is 0.0150.